The Morgan fingerprint density at radius 1 is 1.03 bits per heavy atom. The molecule has 154 valence electrons. The van der Waals surface area contributed by atoms with E-state index in [1.54, 1.807) is 6.07 Å². The zero-order valence-electron chi connectivity index (χ0n) is 16.3. The lowest BCUT2D eigenvalue weighted by molar-refractivity contribution is -0.151. The largest absolute Gasteiger partial charge is 0.458 e. The number of esters is 1. The van der Waals surface area contributed by atoms with E-state index < -0.39 is 5.92 Å². The molecule has 31 heavy (non-hydrogen) atoms. The Balaban J connectivity index is 1.19. The normalized spacial score (nSPS) is 15.7. The van der Waals surface area contributed by atoms with Crippen LogP contribution in [0.2, 0.25) is 0 Å². The summed E-state index contributed by atoms with van der Waals surface area (Å²) >= 11 is 1.44. The van der Waals surface area contributed by atoms with E-state index in [1.165, 1.54) is 23.5 Å². The van der Waals surface area contributed by atoms with Gasteiger partial charge in [-0.25, -0.2) is 9.37 Å². The third kappa shape index (κ3) is 3.13. The first-order valence-electron chi connectivity index (χ1n) is 10.0. The molecule has 0 saturated carbocycles. The van der Waals surface area contributed by atoms with Crippen LogP contribution in [0.1, 0.15) is 17.0 Å². The van der Waals surface area contributed by atoms with Crippen LogP contribution in [0.3, 0.4) is 0 Å². The van der Waals surface area contributed by atoms with Crippen molar-refractivity contribution in [2.75, 3.05) is 18.0 Å². The van der Waals surface area contributed by atoms with Crippen LogP contribution in [-0.2, 0) is 9.53 Å². The highest BCUT2D eigenvalue weighted by atomic mass is 32.1. The maximum Gasteiger partial charge on any atom is 0.318 e. The summed E-state index contributed by atoms with van der Waals surface area (Å²) in [5.41, 5.74) is 2.41. The first-order valence-corrected chi connectivity index (χ1v) is 10.8. The van der Waals surface area contributed by atoms with Crippen LogP contribution >= 0.6 is 11.3 Å². The molecule has 0 radical (unpaired) electrons. The summed E-state index contributed by atoms with van der Waals surface area (Å²) in [5, 5.41) is 0.814. The lowest BCUT2D eigenvalue weighted by Crippen LogP contribution is -2.53. The van der Waals surface area contributed by atoms with Crippen molar-refractivity contribution in [3.63, 3.8) is 0 Å². The van der Waals surface area contributed by atoms with Crippen LogP contribution in [0, 0.1) is 5.82 Å². The number of benzene rings is 3. The molecule has 3 aromatic carbocycles. The van der Waals surface area contributed by atoms with Crippen molar-refractivity contribution in [1.82, 2.24) is 4.98 Å². The van der Waals surface area contributed by atoms with Gasteiger partial charge in [0.25, 0.3) is 0 Å². The van der Waals surface area contributed by atoms with Crippen LogP contribution in [-0.4, -0.2) is 30.1 Å². The number of ether oxygens (including phenoxy) is 2. The van der Waals surface area contributed by atoms with Gasteiger partial charge in [-0.3, -0.25) is 4.79 Å². The van der Waals surface area contributed by atoms with E-state index in [9.17, 15) is 9.18 Å². The standard InChI is InChI=1S/C24H17FN2O3S/c25-14-9-10-18-21(11-14)31-24(26-18)27-12-15(13-27)29-23(28)22-16-5-1-3-7-19(16)30-20-8-4-2-6-17(20)22/h1-11,15,22H,12-13H2. The van der Waals surface area contributed by atoms with E-state index in [1.807, 2.05) is 53.4 Å². The number of anilines is 1. The maximum absolute atomic E-state index is 13.4. The molecule has 0 bridgehead atoms. The Morgan fingerprint density at radius 2 is 1.71 bits per heavy atom. The molecule has 0 amide bonds. The second-order valence-electron chi connectivity index (χ2n) is 7.68. The quantitative estimate of drug-likeness (QED) is 0.422. The number of fused-ring (bicyclic) bond motifs is 3. The molecule has 7 heteroatoms. The van der Waals surface area contributed by atoms with Crippen molar-refractivity contribution in [1.29, 1.82) is 0 Å². The molecule has 0 atom stereocenters. The van der Waals surface area contributed by atoms with Crippen LogP contribution in [0.25, 0.3) is 10.2 Å². The predicted molar refractivity (Wildman–Crippen MR) is 116 cm³/mol. The molecule has 0 spiro atoms. The molecular formula is C24H17FN2O3S. The van der Waals surface area contributed by atoms with Gasteiger partial charge in [0, 0.05) is 11.1 Å². The Labute approximate surface area is 181 Å². The van der Waals surface area contributed by atoms with Gasteiger partial charge in [-0.1, -0.05) is 47.7 Å². The number of rotatable bonds is 3. The van der Waals surface area contributed by atoms with Gasteiger partial charge < -0.3 is 14.4 Å². The average Bonchev–Trinajstić information content (AvgIpc) is 3.16. The van der Waals surface area contributed by atoms with Crippen molar-refractivity contribution < 1.29 is 18.7 Å². The van der Waals surface area contributed by atoms with E-state index in [-0.39, 0.29) is 17.9 Å². The molecule has 5 nitrogen and oxygen atoms in total. The molecule has 2 aliphatic rings. The van der Waals surface area contributed by atoms with Crippen molar-refractivity contribution in [3.05, 3.63) is 83.7 Å². The number of hydrogen-bond acceptors (Lipinski definition) is 6. The van der Waals surface area contributed by atoms with Crippen LogP contribution in [0.5, 0.6) is 11.5 Å². The van der Waals surface area contributed by atoms with Crippen LogP contribution in [0.15, 0.2) is 66.7 Å². The smallest absolute Gasteiger partial charge is 0.318 e. The highest BCUT2D eigenvalue weighted by Gasteiger charge is 2.38. The molecule has 1 saturated heterocycles. The first kappa shape index (κ1) is 18.3. The summed E-state index contributed by atoms with van der Waals surface area (Å²) in [6, 6.07) is 19.7. The van der Waals surface area contributed by atoms with Gasteiger partial charge in [-0.2, -0.15) is 0 Å². The summed E-state index contributed by atoms with van der Waals surface area (Å²) < 4.78 is 26.1. The predicted octanol–water partition coefficient (Wildman–Crippen LogP) is 5.11. The monoisotopic (exact) mass is 432 g/mol. The van der Waals surface area contributed by atoms with E-state index in [4.69, 9.17) is 9.47 Å². The number of nitrogens with zero attached hydrogens (tertiary/aromatic N) is 2. The number of para-hydroxylation sites is 2. The number of aromatic nitrogens is 1. The topological polar surface area (TPSA) is 51.7 Å². The highest BCUT2D eigenvalue weighted by molar-refractivity contribution is 7.22. The van der Waals surface area contributed by atoms with E-state index in [0.717, 1.165) is 26.5 Å². The lowest BCUT2D eigenvalue weighted by Gasteiger charge is -2.39. The maximum atomic E-state index is 13.4. The van der Waals surface area contributed by atoms with Crippen molar-refractivity contribution in [2.45, 2.75) is 12.0 Å². The third-order valence-corrected chi connectivity index (χ3v) is 6.74. The SMILES string of the molecule is O=C(OC1CN(c2nc3ccc(F)cc3s2)C1)C1c2ccccc2Oc2ccccc21. The summed E-state index contributed by atoms with van der Waals surface area (Å²) in [4.78, 5) is 19.8. The third-order valence-electron chi connectivity index (χ3n) is 5.66. The summed E-state index contributed by atoms with van der Waals surface area (Å²) in [6.45, 7) is 1.14. The average molecular weight is 432 g/mol. The number of thiazole rings is 1. The summed E-state index contributed by atoms with van der Waals surface area (Å²) in [6.07, 6.45) is -0.210. The van der Waals surface area contributed by atoms with E-state index >= 15 is 0 Å². The van der Waals surface area contributed by atoms with Gasteiger partial charge in [-0.05, 0) is 30.3 Å². The molecule has 6 rings (SSSR count). The molecule has 1 aromatic heterocycles. The van der Waals surface area contributed by atoms with Gasteiger partial charge in [-0.15, -0.1) is 0 Å². The fourth-order valence-corrected chi connectivity index (χ4v) is 5.10. The molecule has 3 heterocycles. The Hall–Kier alpha value is -3.45. The Kier molecular flexibility index (Phi) is 4.17. The van der Waals surface area contributed by atoms with Crippen LogP contribution < -0.4 is 9.64 Å². The van der Waals surface area contributed by atoms with Gasteiger partial charge in [0.05, 0.1) is 23.3 Å². The lowest BCUT2D eigenvalue weighted by atomic mass is 9.88. The number of hydrogen-bond donors (Lipinski definition) is 0. The van der Waals surface area contributed by atoms with E-state index in [0.29, 0.717) is 24.6 Å². The molecule has 0 aliphatic carbocycles. The van der Waals surface area contributed by atoms with Crippen molar-refractivity contribution in [2.24, 2.45) is 0 Å². The fourth-order valence-electron chi connectivity index (χ4n) is 4.09. The minimum absolute atomic E-state index is 0.210. The number of halogens is 1. The van der Waals surface area contributed by atoms with E-state index in [2.05, 4.69) is 4.98 Å². The zero-order chi connectivity index (χ0) is 20.9. The Bertz CT molecular complexity index is 1270. The van der Waals surface area contributed by atoms with Crippen molar-refractivity contribution >= 4 is 32.7 Å². The molecule has 0 N–H and O–H groups in total. The highest BCUT2D eigenvalue weighted by Crippen LogP contribution is 2.44. The first-order chi connectivity index (χ1) is 15.2. The zero-order valence-corrected chi connectivity index (χ0v) is 17.1. The second-order valence-corrected chi connectivity index (χ2v) is 8.69. The molecule has 2 aliphatic heterocycles. The Morgan fingerprint density at radius 3 is 2.42 bits per heavy atom. The number of carbonyl (C=O) groups excluding carboxylic acids is 1. The van der Waals surface area contributed by atoms with Crippen LogP contribution in [0.4, 0.5) is 9.52 Å². The number of carbonyl (C=O) groups is 1. The van der Waals surface area contributed by atoms with Gasteiger partial charge >= 0.3 is 5.97 Å². The summed E-state index contributed by atoms with van der Waals surface area (Å²) in [7, 11) is 0. The van der Waals surface area contributed by atoms with Gasteiger partial charge in [0.2, 0.25) is 0 Å². The minimum Gasteiger partial charge on any atom is -0.458 e. The molecule has 0 unspecified atom stereocenters. The molecule has 4 aromatic rings. The summed E-state index contributed by atoms with van der Waals surface area (Å²) in [5.74, 6) is 0.301. The minimum atomic E-state index is -0.513. The van der Waals surface area contributed by atoms with Gasteiger partial charge in [0.15, 0.2) is 5.13 Å². The van der Waals surface area contributed by atoms with Crippen molar-refractivity contribution in [3.8, 4) is 11.5 Å². The molecule has 1 fully saturated rings. The van der Waals surface area contributed by atoms with Gasteiger partial charge in [0.1, 0.15) is 29.3 Å². The second kappa shape index (κ2) is 7.06. The fraction of sp³-hybridized carbons (Fsp3) is 0.167. The molecular weight excluding hydrogens is 415 g/mol.